The Morgan fingerprint density at radius 1 is 0.534 bits per heavy atom. The van der Waals surface area contributed by atoms with Crippen LogP contribution < -0.4 is 0 Å². The smallest absolute Gasteiger partial charge is 0.462 e. The van der Waals surface area contributed by atoms with Gasteiger partial charge in [0.15, 0.2) is 6.10 Å². The number of hydrogen-bond donors (Lipinski definition) is 4. The first-order valence-electron chi connectivity index (χ1n) is 21.3. The van der Waals surface area contributed by atoms with Crippen LogP contribution in [0.4, 0.5) is 0 Å². The van der Waals surface area contributed by atoms with Gasteiger partial charge in [0.1, 0.15) is 12.7 Å². The van der Waals surface area contributed by atoms with Gasteiger partial charge in [0, 0.05) is 19.4 Å². The Labute approximate surface area is 349 Å². The number of hydrogen-bond acceptors (Lipinski definition) is 10. The molecule has 3 atom stereocenters. The molecule has 0 aliphatic carbocycles. The fourth-order valence-electron chi connectivity index (χ4n) is 5.01. The van der Waals surface area contributed by atoms with Gasteiger partial charge in [-0.3, -0.25) is 18.6 Å². The van der Waals surface area contributed by atoms with E-state index in [1.54, 1.807) is 0 Å². The van der Waals surface area contributed by atoms with E-state index in [2.05, 4.69) is 96.5 Å². The minimum Gasteiger partial charge on any atom is -0.462 e. The number of rotatable bonds is 39. The van der Waals surface area contributed by atoms with Gasteiger partial charge in [0.25, 0.3) is 0 Å². The number of phosphoric ester groups is 1. The predicted octanol–water partition coefficient (Wildman–Crippen LogP) is 10.2. The minimum absolute atomic E-state index is 0.133. The number of aliphatic hydroxyl groups is 3. The van der Waals surface area contributed by atoms with E-state index in [9.17, 15) is 24.2 Å². The van der Waals surface area contributed by atoms with E-state index in [1.807, 2.05) is 12.2 Å². The molecular weight excluding hydrogens is 759 g/mol. The lowest BCUT2D eigenvalue weighted by molar-refractivity contribution is -0.161. The molecule has 330 valence electrons. The molecule has 11 nitrogen and oxygen atoms in total. The summed E-state index contributed by atoms with van der Waals surface area (Å²) in [5, 5.41) is 27.1. The van der Waals surface area contributed by atoms with E-state index >= 15 is 0 Å². The van der Waals surface area contributed by atoms with Gasteiger partial charge >= 0.3 is 19.8 Å². The zero-order valence-corrected chi connectivity index (χ0v) is 36.1. The summed E-state index contributed by atoms with van der Waals surface area (Å²) >= 11 is 0. The molecule has 4 N–H and O–H groups in total. The van der Waals surface area contributed by atoms with Crippen LogP contribution in [0.15, 0.2) is 97.2 Å². The van der Waals surface area contributed by atoms with Crippen LogP contribution in [0.3, 0.4) is 0 Å². The van der Waals surface area contributed by atoms with E-state index < -0.39 is 51.8 Å². The molecule has 0 amide bonds. The summed E-state index contributed by atoms with van der Waals surface area (Å²) < 4.78 is 32.6. The molecule has 58 heavy (non-hydrogen) atoms. The number of phosphoric acid groups is 1. The summed E-state index contributed by atoms with van der Waals surface area (Å²) in [5.41, 5.74) is 0. The van der Waals surface area contributed by atoms with Crippen LogP contribution in [0.1, 0.15) is 135 Å². The molecule has 0 rings (SSSR count). The molecule has 0 fully saturated rings. The Bertz CT molecular complexity index is 1280. The topological polar surface area (TPSA) is 169 Å². The van der Waals surface area contributed by atoms with Gasteiger partial charge in [-0.1, -0.05) is 123 Å². The van der Waals surface area contributed by atoms with Crippen molar-refractivity contribution in [3.63, 3.8) is 0 Å². The molecule has 0 aromatic carbocycles. The highest BCUT2D eigenvalue weighted by Crippen LogP contribution is 2.43. The van der Waals surface area contributed by atoms with Gasteiger partial charge < -0.3 is 29.7 Å². The minimum atomic E-state index is -4.65. The molecule has 0 saturated heterocycles. The molecule has 0 aromatic rings. The predicted molar refractivity (Wildman–Crippen MR) is 234 cm³/mol. The van der Waals surface area contributed by atoms with Crippen molar-refractivity contribution in [3.05, 3.63) is 97.2 Å². The second-order valence-electron chi connectivity index (χ2n) is 13.7. The van der Waals surface area contributed by atoms with Gasteiger partial charge in [-0.2, -0.15) is 0 Å². The number of carbonyl (C=O) groups excluding carboxylic acids is 2. The third-order valence-corrected chi connectivity index (χ3v) is 9.23. The van der Waals surface area contributed by atoms with Gasteiger partial charge in [-0.05, 0) is 96.3 Å². The zero-order chi connectivity index (χ0) is 42.6. The van der Waals surface area contributed by atoms with E-state index in [0.29, 0.717) is 19.3 Å². The molecule has 1 unspecified atom stereocenters. The molecule has 0 heterocycles. The largest absolute Gasteiger partial charge is 0.472 e. The molecule has 0 aliphatic rings. The maximum atomic E-state index is 12.6. The fraction of sp³-hybridized carbons (Fsp3) is 0.609. The van der Waals surface area contributed by atoms with Crippen molar-refractivity contribution in [1.29, 1.82) is 0 Å². The molecule has 0 saturated carbocycles. The highest BCUT2D eigenvalue weighted by Gasteiger charge is 2.27. The average Bonchev–Trinajstić information content (AvgIpc) is 3.21. The lowest BCUT2D eigenvalue weighted by atomic mass is 10.1. The Kier molecular flexibility index (Phi) is 39.7. The maximum absolute atomic E-state index is 12.6. The molecule has 0 spiro atoms. The third kappa shape index (κ3) is 41.0. The fourth-order valence-corrected chi connectivity index (χ4v) is 5.80. The highest BCUT2D eigenvalue weighted by molar-refractivity contribution is 7.47. The van der Waals surface area contributed by atoms with Crippen LogP contribution in [0.5, 0.6) is 0 Å². The molecule has 0 radical (unpaired) electrons. The van der Waals surface area contributed by atoms with Crippen LogP contribution in [0, 0.1) is 0 Å². The van der Waals surface area contributed by atoms with Crippen LogP contribution in [0.2, 0.25) is 0 Å². The van der Waals surface area contributed by atoms with Crippen LogP contribution >= 0.6 is 7.82 Å². The number of esters is 2. The normalized spacial score (nSPS) is 14.8. The maximum Gasteiger partial charge on any atom is 0.472 e. The van der Waals surface area contributed by atoms with Crippen molar-refractivity contribution in [3.8, 4) is 0 Å². The van der Waals surface area contributed by atoms with Crippen molar-refractivity contribution in [1.82, 2.24) is 0 Å². The Balaban J connectivity index is 4.46. The van der Waals surface area contributed by atoms with E-state index in [-0.39, 0.29) is 26.1 Å². The van der Waals surface area contributed by atoms with Crippen molar-refractivity contribution in [2.24, 2.45) is 0 Å². The SMILES string of the molecule is CC/C=C\C/C=C\C/C=C\C/C=C\CCCCCCC(=O)O[C@H](COC(=O)CCC/C=C\C/C=C\C/C=C\C/C=C\CCCCCO)COP(=O)(O)OC[C@@H](O)CO. The Morgan fingerprint density at radius 3 is 1.47 bits per heavy atom. The van der Waals surface area contributed by atoms with Gasteiger partial charge in [0.2, 0.25) is 0 Å². The van der Waals surface area contributed by atoms with E-state index in [0.717, 1.165) is 96.3 Å². The Hall–Kier alpha value is -3.15. The molecule has 0 aliphatic heterocycles. The third-order valence-electron chi connectivity index (χ3n) is 8.28. The molecular formula is C46H75O11P. The van der Waals surface area contributed by atoms with Crippen LogP contribution in [0.25, 0.3) is 0 Å². The summed E-state index contributed by atoms with van der Waals surface area (Å²) in [7, 11) is -4.65. The Morgan fingerprint density at radius 2 is 0.966 bits per heavy atom. The first-order valence-corrected chi connectivity index (χ1v) is 22.8. The number of aliphatic hydroxyl groups excluding tert-OH is 3. The van der Waals surface area contributed by atoms with Crippen LogP contribution in [-0.4, -0.2) is 77.4 Å². The van der Waals surface area contributed by atoms with Crippen LogP contribution in [-0.2, 0) is 32.7 Å². The molecule has 0 aromatic heterocycles. The van der Waals surface area contributed by atoms with E-state index in [1.165, 1.54) is 0 Å². The van der Waals surface area contributed by atoms with Crippen molar-refractivity contribution in [2.75, 3.05) is 33.0 Å². The van der Waals surface area contributed by atoms with Gasteiger partial charge in [-0.15, -0.1) is 0 Å². The standard InChI is InChI=1S/C46H75O11P/c1-2-3-4-5-6-7-8-9-10-12-16-19-22-25-28-31-34-37-46(51)57-44(42-56-58(52,53)55-40-43(49)39-48)41-54-45(50)36-33-30-27-24-21-18-15-13-11-14-17-20-23-26-29-32-35-38-47/h3-4,6-7,9-11,14-16,18-20,23-24,27,43-44,47-49H,2,5,8,12-13,17,21-22,25-26,28-42H2,1H3,(H,52,53)/b4-3-,7-6-,10-9-,14-11-,18-15-,19-16-,23-20-,27-24-/t43-,44+/m0/s1. The quantitative estimate of drug-likeness (QED) is 0.0201. The van der Waals surface area contributed by atoms with Gasteiger partial charge in [-0.25, -0.2) is 4.57 Å². The summed E-state index contributed by atoms with van der Waals surface area (Å²) in [5.74, 6) is -1.04. The summed E-state index contributed by atoms with van der Waals surface area (Å²) in [4.78, 5) is 35.0. The van der Waals surface area contributed by atoms with Crippen molar-refractivity contribution >= 4 is 19.8 Å². The molecule has 12 heteroatoms. The van der Waals surface area contributed by atoms with E-state index in [4.69, 9.17) is 24.2 Å². The summed E-state index contributed by atoms with van der Waals surface area (Å²) in [6.45, 7) is 0.148. The average molecular weight is 835 g/mol. The van der Waals surface area contributed by atoms with Crippen molar-refractivity contribution in [2.45, 2.75) is 148 Å². The number of allylic oxidation sites excluding steroid dienone is 16. The lowest BCUT2D eigenvalue weighted by Crippen LogP contribution is -2.29. The molecule has 0 bridgehead atoms. The highest BCUT2D eigenvalue weighted by atomic mass is 31.2. The number of ether oxygens (including phenoxy) is 2. The number of unbranched alkanes of at least 4 members (excludes halogenated alkanes) is 8. The summed E-state index contributed by atoms with van der Waals surface area (Å²) in [6, 6.07) is 0. The lowest BCUT2D eigenvalue weighted by Gasteiger charge is -2.20. The van der Waals surface area contributed by atoms with Gasteiger partial charge in [0.05, 0.1) is 19.8 Å². The van der Waals surface area contributed by atoms with Crippen molar-refractivity contribution < 1.29 is 52.9 Å². The zero-order valence-electron chi connectivity index (χ0n) is 35.2. The number of carbonyl (C=O) groups is 2. The second-order valence-corrected chi connectivity index (χ2v) is 15.2. The second kappa shape index (κ2) is 42.0. The first kappa shape index (κ1) is 54.9. The summed E-state index contributed by atoms with van der Waals surface area (Å²) in [6.07, 6.45) is 48.2. The monoisotopic (exact) mass is 835 g/mol. The first-order chi connectivity index (χ1) is 28.2.